The van der Waals surface area contributed by atoms with Gasteiger partial charge in [0.05, 0.1) is 24.8 Å². The fourth-order valence-corrected chi connectivity index (χ4v) is 4.70. The SMILES string of the molecule is N#Cc1ccc(-c2ncc(CN)cn2)c(Sc2nnc(N3CCOCC3)s2)c1. The number of hydrogen-bond donors (Lipinski definition) is 1. The van der Waals surface area contributed by atoms with Gasteiger partial charge in [0, 0.05) is 48.1 Å². The molecule has 0 aliphatic carbocycles. The molecule has 0 amide bonds. The van der Waals surface area contributed by atoms with Crippen molar-refractivity contribution in [1.82, 2.24) is 20.2 Å². The molecular weight excluding hydrogens is 394 g/mol. The number of nitrogens with two attached hydrogens (primary N) is 1. The second kappa shape index (κ2) is 8.62. The van der Waals surface area contributed by atoms with Crippen LogP contribution >= 0.6 is 23.1 Å². The summed E-state index contributed by atoms with van der Waals surface area (Å²) in [5.41, 5.74) is 7.91. The second-order valence-electron chi connectivity index (χ2n) is 5.99. The maximum atomic E-state index is 9.28. The number of anilines is 1. The Balaban J connectivity index is 1.62. The van der Waals surface area contributed by atoms with E-state index in [2.05, 4.69) is 31.1 Å². The molecule has 0 spiro atoms. The first-order valence-corrected chi connectivity index (χ1v) is 10.3. The summed E-state index contributed by atoms with van der Waals surface area (Å²) in [7, 11) is 0. The molecule has 4 rings (SSSR count). The van der Waals surface area contributed by atoms with E-state index < -0.39 is 0 Å². The van der Waals surface area contributed by atoms with Crippen molar-refractivity contribution in [2.45, 2.75) is 15.8 Å². The van der Waals surface area contributed by atoms with Crippen LogP contribution < -0.4 is 10.6 Å². The normalized spacial score (nSPS) is 14.1. The molecule has 8 nitrogen and oxygen atoms in total. The minimum Gasteiger partial charge on any atom is -0.378 e. The van der Waals surface area contributed by atoms with Crippen LogP contribution in [0.4, 0.5) is 5.13 Å². The highest BCUT2D eigenvalue weighted by Gasteiger charge is 2.18. The van der Waals surface area contributed by atoms with Crippen molar-refractivity contribution in [2.24, 2.45) is 5.73 Å². The lowest BCUT2D eigenvalue weighted by Crippen LogP contribution is -2.36. The van der Waals surface area contributed by atoms with Gasteiger partial charge in [0.1, 0.15) is 0 Å². The fourth-order valence-electron chi connectivity index (χ4n) is 2.68. The fraction of sp³-hybridized carbons (Fsp3) is 0.278. The standard InChI is InChI=1S/C18H17N7OS2/c19-8-12-1-2-14(16-21-10-13(9-20)11-22-16)15(7-12)27-18-24-23-17(28-18)25-3-5-26-6-4-25/h1-2,7,10-11H,3-6,9,20H2. The van der Waals surface area contributed by atoms with Gasteiger partial charge in [-0.25, -0.2) is 9.97 Å². The van der Waals surface area contributed by atoms with Crippen LogP contribution in [0.25, 0.3) is 11.4 Å². The topological polar surface area (TPSA) is 114 Å². The molecule has 1 saturated heterocycles. The van der Waals surface area contributed by atoms with Crippen molar-refractivity contribution in [3.05, 3.63) is 41.7 Å². The third-order valence-corrected chi connectivity index (χ3v) is 6.26. The molecule has 1 aliphatic rings. The minimum absolute atomic E-state index is 0.393. The molecule has 2 N–H and O–H groups in total. The molecule has 0 saturated carbocycles. The summed E-state index contributed by atoms with van der Waals surface area (Å²) in [4.78, 5) is 11.9. The summed E-state index contributed by atoms with van der Waals surface area (Å²) in [5.74, 6) is 0.585. The first-order chi connectivity index (χ1) is 13.8. The van der Waals surface area contributed by atoms with E-state index in [1.165, 1.54) is 23.1 Å². The van der Waals surface area contributed by atoms with E-state index in [4.69, 9.17) is 10.5 Å². The largest absolute Gasteiger partial charge is 0.378 e. The van der Waals surface area contributed by atoms with E-state index in [9.17, 15) is 5.26 Å². The van der Waals surface area contributed by atoms with Gasteiger partial charge in [-0.1, -0.05) is 23.1 Å². The highest BCUT2D eigenvalue weighted by molar-refractivity contribution is 8.01. The average Bonchev–Trinajstić information content (AvgIpc) is 3.23. The lowest BCUT2D eigenvalue weighted by molar-refractivity contribution is 0.122. The summed E-state index contributed by atoms with van der Waals surface area (Å²) < 4.78 is 6.19. The molecule has 0 unspecified atom stereocenters. The number of rotatable bonds is 5. The van der Waals surface area contributed by atoms with E-state index in [0.29, 0.717) is 31.1 Å². The smallest absolute Gasteiger partial charge is 0.209 e. The molecule has 3 aromatic rings. The first-order valence-electron chi connectivity index (χ1n) is 8.66. The average molecular weight is 412 g/mol. The van der Waals surface area contributed by atoms with Crippen molar-refractivity contribution >= 4 is 28.2 Å². The van der Waals surface area contributed by atoms with Crippen LogP contribution in [0, 0.1) is 11.3 Å². The Bertz CT molecular complexity index is 994. The van der Waals surface area contributed by atoms with Gasteiger partial charge < -0.3 is 15.4 Å². The van der Waals surface area contributed by atoms with Gasteiger partial charge in [-0.2, -0.15) is 5.26 Å². The molecule has 3 heterocycles. The predicted molar refractivity (Wildman–Crippen MR) is 107 cm³/mol. The Hall–Kier alpha value is -2.58. The molecule has 28 heavy (non-hydrogen) atoms. The van der Waals surface area contributed by atoms with E-state index in [1.54, 1.807) is 18.5 Å². The Morgan fingerprint density at radius 3 is 2.71 bits per heavy atom. The van der Waals surface area contributed by atoms with Gasteiger partial charge in [-0.05, 0) is 18.2 Å². The van der Waals surface area contributed by atoms with Crippen LogP contribution in [0.2, 0.25) is 0 Å². The summed E-state index contributed by atoms with van der Waals surface area (Å²) in [6, 6.07) is 7.64. The summed E-state index contributed by atoms with van der Waals surface area (Å²) in [6.07, 6.45) is 3.44. The lowest BCUT2D eigenvalue weighted by atomic mass is 10.1. The first kappa shape index (κ1) is 18.8. The van der Waals surface area contributed by atoms with Crippen LogP contribution in [-0.2, 0) is 11.3 Å². The molecule has 1 fully saturated rings. The van der Waals surface area contributed by atoms with Crippen molar-refractivity contribution in [3.63, 3.8) is 0 Å². The van der Waals surface area contributed by atoms with E-state index >= 15 is 0 Å². The van der Waals surface area contributed by atoms with Gasteiger partial charge in [0.2, 0.25) is 5.13 Å². The van der Waals surface area contributed by atoms with Crippen molar-refractivity contribution < 1.29 is 4.74 Å². The van der Waals surface area contributed by atoms with E-state index in [0.717, 1.165) is 38.6 Å². The maximum Gasteiger partial charge on any atom is 0.209 e. The highest BCUT2D eigenvalue weighted by Crippen LogP contribution is 2.38. The van der Waals surface area contributed by atoms with Crippen LogP contribution in [-0.4, -0.2) is 46.5 Å². The molecule has 142 valence electrons. The predicted octanol–water partition coefficient (Wildman–Crippen LogP) is 2.31. The Labute approximate surface area is 170 Å². The Morgan fingerprint density at radius 2 is 2.00 bits per heavy atom. The van der Waals surface area contributed by atoms with Gasteiger partial charge in [-0.15, -0.1) is 10.2 Å². The Morgan fingerprint density at radius 1 is 1.21 bits per heavy atom. The molecule has 0 radical (unpaired) electrons. The van der Waals surface area contributed by atoms with Crippen molar-refractivity contribution in [1.29, 1.82) is 5.26 Å². The monoisotopic (exact) mass is 411 g/mol. The summed E-state index contributed by atoms with van der Waals surface area (Å²) in [5, 5.41) is 18.8. The zero-order valence-electron chi connectivity index (χ0n) is 14.9. The summed E-state index contributed by atoms with van der Waals surface area (Å²) >= 11 is 2.99. The molecular formula is C18H17N7OS2. The lowest BCUT2D eigenvalue weighted by Gasteiger charge is -2.25. The zero-order valence-corrected chi connectivity index (χ0v) is 16.5. The summed E-state index contributed by atoms with van der Waals surface area (Å²) in [6.45, 7) is 3.43. The van der Waals surface area contributed by atoms with E-state index in [1.807, 2.05) is 12.1 Å². The molecule has 2 aromatic heterocycles. The van der Waals surface area contributed by atoms with Crippen molar-refractivity contribution in [2.75, 3.05) is 31.2 Å². The maximum absolute atomic E-state index is 9.28. The number of benzene rings is 1. The molecule has 1 aromatic carbocycles. The minimum atomic E-state index is 0.393. The number of ether oxygens (including phenoxy) is 1. The van der Waals surface area contributed by atoms with Gasteiger partial charge in [-0.3, -0.25) is 0 Å². The third-order valence-electron chi connectivity index (χ3n) is 4.17. The number of nitriles is 1. The molecule has 10 heteroatoms. The van der Waals surface area contributed by atoms with Crippen LogP contribution in [0.1, 0.15) is 11.1 Å². The quantitative estimate of drug-likeness (QED) is 0.675. The van der Waals surface area contributed by atoms with E-state index in [-0.39, 0.29) is 0 Å². The number of nitrogens with zero attached hydrogens (tertiary/aromatic N) is 6. The number of aromatic nitrogens is 4. The van der Waals surface area contributed by atoms with Crippen LogP contribution in [0.15, 0.2) is 39.8 Å². The molecule has 1 aliphatic heterocycles. The van der Waals surface area contributed by atoms with Gasteiger partial charge >= 0.3 is 0 Å². The van der Waals surface area contributed by atoms with Crippen LogP contribution in [0.3, 0.4) is 0 Å². The second-order valence-corrected chi connectivity index (χ2v) is 8.24. The third kappa shape index (κ3) is 4.13. The van der Waals surface area contributed by atoms with Gasteiger partial charge in [0.15, 0.2) is 10.2 Å². The molecule has 0 atom stereocenters. The Kier molecular flexibility index (Phi) is 5.78. The van der Waals surface area contributed by atoms with Gasteiger partial charge in [0.25, 0.3) is 0 Å². The highest BCUT2D eigenvalue weighted by atomic mass is 32.2. The number of hydrogen-bond acceptors (Lipinski definition) is 10. The van der Waals surface area contributed by atoms with Crippen molar-refractivity contribution in [3.8, 4) is 17.5 Å². The van der Waals surface area contributed by atoms with Crippen LogP contribution in [0.5, 0.6) is 0 Å². The zero-order chi connectivity index (χ0) is 19.3. The number of morpholine rings is 1. The molecule has 0 bridgehead atoms.